The van der Waals surface area contributed by atoms with Gasteiger partial charge in [0.15, 0.2) is 0 Å². The zero-order valence-electron chi connectivity index (χ0n) is 22.9. The van der Waals surface area contributed by atoms with Gasteiger partial charge < -0.3 is 0 Å². The maximum absolute atomic E-state index is 16.4. The van der Waals surface area contributed by atoms with Crippen molar-refractivity contribution in [3.8, 4) is 0 Å². The Bertz CT molecular complexity index is 981. The van der Waals surface area contributed by atoms with E-state index in [1.165, 1.54) is 0 Å². The van der Waals surface area contributed by atoms with Gasteiger partial charge in [0.25, 0.3) is 0 Å². The van der Waals surface area contributed by atoms with Gasteiger partial charge in [0.2, 0.25) is 0 Å². The van der Waals surface area contributed by atoms with Crippen LogP contribution in [0.15, 0.2) is 91.0 Å². The molecule has 0 unspecified atom stereocenters. The van der Waals surface area contributed by atoms with Crippen LogP contribution >= 0.6 is 7.59 Å². The summed E-state index contributed by atoms with van der Waals surface area (Å²) in [5.41, 5.74) is 1.44. The summed E-state index contributed by atoms with van der Waals surface area (Å²) < 4.78 is 22.9. The molecule has 3 aromatic carbocycles. The topological polar surface area (TPSA) is 26.8 Å². The molecule has 3 aromatic rings. The molecule has 0 N–H and O–H groups in total. The number of hydrogen-bond acceptors (Lipinski definition) is 1. The predicted molar refractivity (Wildman–Crippen MR) is 154 cm³/mol. The first-order chi connectivity index (χ1) is 16.2. The molecule has 0 aliphatic carbocycles. The summed E-state index contributed by atoms with van der Waals surface area (Å²) in [6, 6.07) is 30.5. The van der Waals surface area contributed by atoms with E-state index in [2.05, 4.69) is 113 Å². The Kier molecular flexibility index (Phi) is 7.48. The van der Waals surface area contributed by atoms with Crippen LogP contribution in [-0.4, -0.2) is 16.6 Å². The Morgan fingerprint density at radius 1 is 0.429 bits per heavy atom. The standard InChI is InChI=1S/C30H42N3OP/c1-28(2,3)31(25-19-13-10-14-20-25)35(34,32(29(4,5)6)26-21-15-11-16-22-26)33(30(7,8)9)27-23-17-12-18-24-27/h10-24H,1-9H3. The lowest BCUT2D eigenvalue weighted by atomic mass is 10.1. The van der Waals surface area contributed by atoms with Gasteiger partial charge in [-0.3, -0.25) is 14.0 Å². The van der Waals surface area contributed by atoms with Crippen molar-refractivity contribution >= 4 is 24.7 Å². The maximum Gasteiger partial charge on any atom is 0.361 e. The molecule has 0 bridgehead atoms. The molecule has 0 aromatic heterocycles. The first-order valence-electron chi connectivity index (χ1n) is 12.4. The van der Waals surface area contributed by atoms with E-state index in [0.29, 0.717) is 0 Å². The Labute approximate surface area is 213 Å². The van der Waals surface area contributed by atoms with Crippen LogP contribution < -0.4 is 14.0 Å². The highest BCUT2D eigenvalue weighted by molar-refractivity contribution is 7.69. The van der Waals surface area contributed by atoms with Crippen molar-refractivity contribution in [2.75, 3.05) is 14.0 Å². The van der Waals surface area contributed by atoms with Crippen molar-refractivity contribution < 1.29 is 4.57 Å². The van der Waals surface area contributed by atoms with Crippen molar-refractivity contribution in [3.05, 3.63) is 91.0 Å². The molecule has 4 nitrogen and oxygen atoms in total. The van der Waals surface area contributed by atoms with Gasteiger partial charge in [-0.15, -0.1) is 0 Å². The summed E-state index contributed by atoms with van der Waals surface area (Å²) >= 11 is 0. The molecule has 0 fully saturated rings. The van der Waals surface area contributed by atoms with E-state index in [0.717, 1.165) is 17.1 Å². The molecule has 5 heteroatoms. The second-order valence-corrected chi connectivity index (χ2v) is 14.2. The molecule has 3 rings (SSSR count). The minimum atomic E-state index is -3.58. The molecular weight excluding hydrogens is 449 g/mol. The summed E-state index contributed by atoms with van der Waals surface area (Å²) in [7, 11) is -3.58. The molecule has 0 saturated carbocycles. The van der Waals surface area contributed by atoms with E-state index in [9.17, 15) is 0 Å². The Hall–Kier alpha value is -2.71. The fourth-order valence-corrected chi connectivity index (χ4v) is 8.95. The van der Waals surface area contributed by atoms with Crippen LogP contribution in [-0.2, 0) is 4.57 Å². The molecule has 35 heavy (non-hydrogen) atoms. The smallest absolute Gasteiger partial charge is 0.285 e. The fraction of sp³-hybridized carbons (Fsp3) is 0.400. The number of nitrogens with zero attached hydrogens (tertiary/aromatic N) is 3. The predicted octanol–water partition coefficient (Wildman–Crippen LogP) is 9.01. The van der Waals surface area contributed by atoms with Gasteiger partial charge in [0.1, 0.15) is 0 Å². The zero-order valence-corrected chi connectivity index (χ0v) is 23.8. The minimum Gasteiger partial charge on any atom is -0.285 e. The van der Waals surface area contributed by atoms with Crippen LogP contribution in [0.1, 0.15) is 62.3 Å². The normalized spacial score (nSPS) is 12.8. The van der Waals surface area contributed by atoms with E-state index >= 15 is 4.57 Å². The van der Waals surface area contributed by atoms with Gasteiger partial charge in [-0.05, 0) is 98.7 Å². The molecular formula is C30H42N3OP. The highest BCUT2D eigenvalue weighted by Gasteiger charge is 2.54. The molecule has 0 spiro atoms. The van der Waals surface area contributed by atoms with Crippen molar-refractivity contribution in [2.24, 2.45) is 0 Å². The van der Waals surface area contributed by atoms with Gasteiger partial charge in [-0.2, -0.15) is 0 Å². The summed E-state index contributed by atoms with van der Waals surface area (Å²) in [5.74, 6) is 0. The maximum atomic E-state index is 16.4. The lowest BCUT2D eigenvalue weighted by Crippen LogP contribution is -2.57. The van der Waals surface area contributed by atoms with Crippen molar-refractivity contribution in [2.45, 2.75) is 78.9 Å². The minimum absolute atomic E-state index is 0.451. The van der Waals surface area contributed by atoms with E-state index in [1.807, 2.05) is 54.6 Å². The fourth-order valence-electron chi connectivity index (χ4n) is 4.76. The lowest BCUT2D eigenvalue weighted by Gasteiger charge is -2.58. The van der Waals surface area contributed by atoms with Crippen molar-refractivity contribution in [1.29, 1.82) is 0 Å². The second kappa shape index (κ2) is 9.74. The van der Waals surface area contributed by atoms with E-state index in [1.54, 1.807) is 0 Å². The molecule has 0 aliphatic rings. The first kappa shape index (κ1) is 26.9. The van der Waals surface area contributed by atoms with Crippen LogP contribution in [0.2, 0.25) is 0 Å². The molecule has 0 amide bonds. The van der Waals surface area contributed by atoms with Gasteiger partial charge in [-0.1, -0.05) is 54.6 Å². The van der Waals surface area contributed by atoms with Gasteiger partial charge in [-0.25, -0.2) is 4.57 Å². The Morgan fingerprint density at radius 3 is 0.800 bits per heavy atom. The number of hydrogen-bond donors (Lipinski definition) is 0. The average molecular weight is 492 g/mol. The first-order valence-corrected chi connectivity index (χ1v) is 13.9. The van der Waals surface area contributed by atoms with Crippen LogP contribution in [0, 0.1) is 0 Å². The van der Waals surface area contributed by atoms with Gasteiger partial charge >= 0.3 is 7.59 Å². The molecule has 0 heterocycles. The van der Waals surface area contributed by atoms with Crippen LogP contribution in [0.5, 0.6) is 0 Å². The highest BCUT2D eigenvalue weighted by atomic mass is 31.2. The van der Waals surface area contributed by atoms with Crippen LogP contribution in [0.3, 0.4) is 0 Å². The van der Waals surface area contributed by atoms with Gasteiger partial charge in [0, 0.05) is 33.7 Å². The highest BCUT2D eigenvalue weighted by Crippen LogP contribution is 2.67. The number of rotatable bonds is 6. The molecule has 0 aliphatic heterocycles. The second-order valence-electron chi connectivity index (χ2n) is 12.0. The molecule has 0 radical (unpaired) electrons. The van der Waals surface area contributed by atoms with Crippen LogP contribution in [0.4, 0.5) is 17.1 Å². The molecule has 188 valence electrons. The number of benzene rings is 3. The van der Waals surface area contributed by atoms with Crippen LogP contribution in [0.25, 0.3) is 0 Å². The zero-order chi connectivity index (χ0) is 26.1. The van der Waals surface area contributed by atoms with Crippen molar-refractivity contribution in [1.82, 2.24) is 0 Å². The Balaban J connectivity index is 2.52. The Morgan fingerprint density at radius 2 is 0.629 bits per heavy atom. The lowest BCUT2D eigenvalue weighted by molar-refractivity contribution is 0.477. The third-order valence-corrected chi connectivity index (χ3v) is 9.75. The van der Waals surface area contributed by atoms with E-state index in [4.69, 9.17) is 0 Å². The third kappa shape index (κ3) is 5.59. The summed E-state index contributed by atoms with van der Waals surface area (Å²) in [5, 5.41) is 0. The number of anilines is 3. The van der Waals surface area contributed by atoms with E-state index < -0.39 is 24.2 Å². The molecule has 0 atom stereocenters. The van der Waals surface area contributed by atoms with Crippen molar-refractivity contribution in [3.63, 3.8) is 0 Å². The molecule has 0 saturated heterocycles. The number of para-hydroxylation sites is 3. The average Bonchev–Trinajstić information content (AvgIpc) is 2.73. The summed E-state index contributed by atoms with van der Waals surface area (Å²) in [6.45, 7) is 19.3. The monoisotopic (exact) mass is 491 g/mol. The SMILES string of the molecule is CC(C)(C)N(c1ccccc1)P(=O)(N(c1ccccc1)C(C)(C)C)N(c1ccccc1)C(C)(C)C. The largest absolute Gasteiger partial charge is 0.361 e. The summed E-state index contributed by atoms with van der Waals surface area (Å²) in [6.07, 6.45) is 0. The summed E-state index contributed by atoms with van der Waals surface area (Å²) in [4.78, 5) is 0. The quantitative estimate of drug-likeness (QED) is 0.321. The third-order valence-electron chi connectivity index (χ3n) is 5.69. The van der Waals surface area contributed by atoms with E-state index in [-0.39, 0.29) is 0 Å². The van der Waals surface area contributed by atoms with Gasteiger partial charge in [0.05, 0.1) is 0 Å².